The fraction of sp³-hybridized carbons (Fsp3) is 0.412. The molecule has 4 heterocycles. The van der Waals surface area contributed by atoms with Gasteiger partial charge in [0.15, 0.2) is 11.6 Å². The van der Waals surface area contributed by atoms with Crippen LogP contribution in [0, 0.1) is 0 Å². The molecule has 1 aromatic rings. The molecule has 4 rings (SSSR count). The van der Waals surface area contributed by atoms with Crippen LogP contribution in [0.3, 0.4) is 0 Å². The van der Waals surface area contributed by atoms with E-state index in [1.807, 2.05) is 0 Å². The molecule has 0 atom stereocenters. The van der Waals surface area contributed by atoms with E-state index in [1.54, 1.807) is 7.11 Å². The minimum Gasteiger partial charge on any atom is -0.490 e. The zero-order valence-corrected chi connectivity index (χ0v) is 14.5. The third-order valence-corrected chi connectivity index (χ3v) is 4.97. The lowest BCUT2D eigenvalue weighted by molar-refractivity contribution is 0.134. The molecule has 1 spiro atoms. The average molecular weight is 341 g/mol. The van der Waals surface area contributed by atoms with E-state index in [0.29, 0.717) is 17.4 Å². The van der Waals surface area contributed by atoms with Gasteiger partial charge >= 0.3 is 0 Å². The number of ether oxygens (including phenoxy) is 1. The maximum Gasteiger partial charge on any atom is 0.204 e. The Labute approximate surface area is 146 Å². The maximum absolute atomic E-state index is 5.87. The smallest absolute Gasteiger partial charge is 0.204 e. The second kappa shape index (κ2) is 5.96. The molecule has 0 amide bonds. The summed E-state index contributed by atoms with van der Waals surface area (Å²) in [5.74, 6) is 1.33. The highest BCUT2D eigenvalue weighted by atomic mass is 16.5. The lowest BCUT2D eigenvalue weighted by atomic mass is 9.95. The lowest BCUT2D eigenvalue weighted by Crippen LogP contribution is -2.56. The van der Waals surface area contributed by atoms with Gasteiger partial charge in [-0.05, 0) is 31.7 Å². The molecule has 0 unspecified atom stereocenters. The highest BCUT2D eigenvalue weighted by Gasteiger charge is 2.42. The first kappa shape index (κ1) is 15.8. The molecule has 1 fully saturated rings. The summed E-state index contributed by atoms with van der Waals surface area (Å²) < 4.78 is 5.33. The minimum absolute atomic E-state index is 0.0577. The molecule has 0 saturated carbocycles. The van der Waals surface area contributed by atoms with Gasteiger partial charge in [0.1, 0.15) is 12.0 Å². The van der Waals surface area contributed by atoms with Crippen LogP contribution in [0.1, 0.15) is 19.8 Å². The summed E-state index contributed by atoms with van der Waals surface area (Å²) in [6.07, 6.45) is 9.84. The van der Waals surface area contributed by atoms with Crippen LogP contribution in [-0.4, -0.2) is 40.7 Å². The Hall–Kier alpha value is -2.74. The summed E-state index contributed by atoms with van der Waals surface area (Å²) in [4.78, 5) is 10.6. The van der Waals surface area contributed by atoms with Gasteiger partial charge in [-0.3, -0.25) is 0 Å². The molecule has 132 valence electrons. The number of methoxy groups -OCH3 is 1. The van der Waals surface area contributed by atoms with Gasteiger partial charge in [0.05, 0.1) is 18.5 Å². The number of fused-ring (bicyclic) bond motifs is 2. The topological polar surface area (TPSA) is 100 Å². The molecule has 8 heteroatoms. The number of allylic oxidation sites excluding steroid dienone is 2. The quantitative estimate of drug-likeness (QED) is 0.649. The number of nitrogens with zero attached hydrogens (tertiary/aromatic N) is 3. The van der Waals surface area contributed by atoms with E-state index in [-0.39, 0.29) is 5.66 Å². The van der Waals surface area contributed by atoms with Crippen LogP contribution in [0.15, 0.2) is 41.8 Å². The summed E-state index contributed by atoms with van der Waals surface area (Å²) in [6, 6.07) is 0. The Morgan fingerprint density at radius 1 is 1.32 bits per heavy atom. The second-order valence-electron chi connectivity index (χ2n) is 6.50. The Balaban J connectivity index is 1.66. The molecule has 0 aliphatic carbocycles. The molecule has 3 aliphatic heterocycles. The van der Waals surface area contributed by atoms with E-state index in [4.69, 9.17) is 10.5 Å². The SMILES string of the molecule is COc1c(N)ncnc1NC1=CN2C(=CNC23CCNCC3)C(C)=C1. The largest absolute Gasteiger partial charge is 0.490 e. The van der Waals surface area contributed by atoms with E-state index in [9.17, 15) is 0 Å². The Morgan fingerprint density at radius 2 is 2.12 bits per heavy atom. The van der Waals surface area contributed by atoms with Gasteiger partial charge in [0.2, 0.25) is 5.75 Å². The van der Waals surface area contributed by atoms with Crippen molar-refractivity contribution >= 4 is 11.6 Å². The number of nitrogens with two attached hydrogens (primary N) is 1. The van der Waals surface area contributed by atoms with Gasteiger partial charge in [-0.2, -0.15) is 0 Å². The Kier molecular flexibility index (Phi) is 3.76. The zero-order chi connectivity index (χ0) is 17.4. The highest BCUT2D eigenvalue weighted by Crippen LogP contribution is 2.39. The molecule has 25 heavy (non-hydrogen) atoms. The first-order valence-electron chi connectivity index (χ1n) is 8.43. The van der Waals surface area contributed by atoms with Gasteiger partial charge in [-0.15, -0.1) is 0 Å². The molecule has 1 saturated heterocycles. The predicted octanol–water partition coefficient (Wildman–Crippen LogP) is 1.11. The third-order valence-electron chi connectivity index (χ3n) is 4.97. The highest BCUT2D eigenvalue weighted by molar-refractivity contribution is 5.65. The van der Waals surface area contributed by atoms with Gasteiger partial charge in [-0.25, -0.2) is 9.97 Å². The van der Waals surface area contributed by atoms with Crippen molar-refractivity contribution in [3.8, 4) is 5.75 Å². The summed E-state index contributed by atoms with van der Waals surface area (Å²) in [6.45, 7) is 4.11. The normalized spacial score (nSPS) is 21.0. The lowest BCUT2D eigenvalue weighted by Gasteiger charge is -2.44. The molecule has 1 aromatic heterocycles. The molecule has 3 aliphatic rings. The number of nitrogens with one attached hydrogen (secondary N) is 3. The fourth-order valence-electron chi connectivity index (χ4n) is 3.66. The summed E-state index contributed by atoms with van der Waals surface area (Å²) in [5.41, 5.74) is 9.15. The van der Waals surface area contributed by atoms with Crippen LogP contribution < -0.4 is 26.4 Å². The van der Waals surface area contributed by atoms with Crippen LogP contribution >= 0.6 is 0 Å². The number of anilines is 2. The van der Waals surface area contributed by atoms with Crippen molar-refractivity contribution in [2.45, 2.75) is 25.4 Å². The van der Waals surface area contributed by atoms with Crippen molar-refractivity contribution in [2.75, 3.05) is 31.2 Å². The monoisotopic (exact) mass is 341 g/mol. The number of piperidine rings is 1. The molecule has 0 aromatic carbocycles. The van der Waals surface area contributed by atoms with Crippen molar-refractivity contribution in [1.29, 1.82) is 0 Å². The zero-order valence-electron chi connectivity index (χ0n) is 14.5. The molecular formula is C17H23N7O. The van der Waals surface area contributed by atoms with E-state index in [0.717, 1.165) is 31.6 Å². The van der Waals surface area contributed by atoms with Gasteiger partial charge in [0.25, 0.3) is 0 Å². The number of nitrogen functional groups attached to an aromatic ring is 1. The van der Waals surface area contributed by atoms with E-state index >= 15 is 0 Å². The standard InChI is InChI=1S/C17H23N7O/c1-11-7-12(23-16-14(25-2)15(18)20-10-21-16)9-24-13(11)8-22-17(24)3-5-19-6-4-17/h7-10,19,22H,3-6H2,1-2H3,(H3,18,20,21,23). The Bertz CT molecular complexity index is 777. The molecule has 5 N–H and O–H groups in total. The average Bonchev–Trinajstić information content (AvgIpc) is 2.95. The molecule has 0 bridgehead atoms. The van der Waals surface area contributed by atoms with Gasteiger partial charge < -0.3 is 31.3 Å². The van der Waals surface area contributed by atoms with Crippen LogP contribution in [0.25, 0.3) is 0 Å². The minimum atomic E-state index is -0.0577. The van der Waals surface area contributed by atoms with Crippen molar-refractivity contribution < 1.29 is 4.74 Å². The predicted molar refractivity (Wildman–Crippen MR) is 96.4 cm³/mol. The van der Waals surface area contributed by atoms with E-state index in [2.05, 4.69) is 56.2 Å². The van der Waals surface area contributed by atoms with Crippen molar-refractivity contribution in [2.24, 2.45) is 0 Å². The van der Waals surface area contributed by atoms with Gasteiger partial charge in [-0.1, -0.05) is 0 Å². The van der Waals surface area contributed by atoms with Crippen LogP contribution in [-0.2, 0) is 0 Å². The number of hydrogen-bond acceptors (Lipinski definition) is 8. The first-order chi connectivity index (χ1) is 12.1. The Morgan fingerprint density at radius 3 is 2.88 bits per heavy atom. The van der Waals surface area contributed by atoms with Crippen molar-refractivity contribution in [3.63, 3.8) is 0 Å². The third kappa shape index (κ3) is 2.58. The summed E-state index contributed by atoms with van der Waals surface area (Å²) >= 11 is 0. The van der Waals surface area contributed by atoms with Crippen molar-refractivity contribution in [3.05, 3.63) is 41.8 Å². The van der Waals surface area contributed by atoms with Crippen LogP contribution in [0.5, 0.6) is 5.75 Å². The van der Waals surface area contributed by atoms with Crippen molar-refractivity contribution in [1.82, 2.24) is 25.5 Å². The maximum atomic E-state index is 5.87. The number of rotatable bonds is 3. The van der Waals surface area contributed by atoms with Crippen LogP contribution in [0.2, 0.25) is 0 Å². The van der Waals surface area contributed by atoms with Crippen LogP contribution in [0.4, 0.5) is 11.6 Å². The molecule has 0 radical (unpaired) electrons. The summed E-state index contributed by atoms with van der Waals surface area (Å²) in [7, 11) is 1.56. The second-order valence-corrected chi connectivity index (χ2v) is 6.50. The number of aromatic nitrogens is 2. The molecule has 8 nitrogen and oxygen atoms in total. The fourth-order valence-corrected chi connectivity index (χ4v) is 3.66. The summed E-state index contributed by atoms with van der Waals surface area (Å²) in [5, 5.41) is 10.4. The van der Waals surface area contributed by atoms with E-state index < -0.39 is 0 Å². The van der Waals surface area contributed by atoms with E-state index in [1.165, 1.54) is 17.6 Å². The molecular weight excluding hydrogens is 318 g/mol. The van der Waals surface area contributed by atoms with Gasteiger partial charge in [0, 0.05) is 25.2 Å². The first-order valence-corrected chi connectivity index (χ1v) is 8.43. The number of hydrogen-bond donors (Lipinski definition) is 4.